The lowest BCUT2D eigenvalue weighted by Gasteiger charge is -1.91. The average molecular weight is 188 g/mol. The molecule has 4 heteroatoms. The van der Waals surface area contributed by atoms with Crippen molar-refractivity contribution in [1.82, 2.24) is 9.55 Å². The van der Waals surface area contributed by atoms with Crippen LogP contribution in [0.15, 0.2) is 47.6 Å². The molecule has 0 amide bonds. The molecule has 0 radical (unpaired) electrons. The highest BCUT2D eigenvalue weighted by atomic mass is 16.3. The van der Waals surface area contributed by atoms with E-state index in [9.17, 15) is 4.79 Å². The van der Waals surface area contributed by atoms with Crippen molar-refractivity contribution in [2.24, 2.45) is 0 Å². The molecule has 0 spiro atoms. The van der Waals surface area contributed by atoms with Crippen LogP contribution in [0.3, 0.4) is 0 Å². The molecule has 0 N–H and O–H groups in total. The molecular formula is C10H8N2O2. The SMILES string of the molecule is O=C(C=Cc1ccco1)n1ccnc1. The Hall–Kier alpha value is -2.10. The standard InChI is InChI=1S/C10H8N2O2/c13-10(12-6-5-11-8-12)4-3-9-2-1-7-14-9/h1-8H. The quantitative estimate of drug-likeness (QED) is 0.675. The van der Waals surface area contributed by atoms with Crippen LogP contribution in [-0.2, 0) is 0 Å². The Morgan fingerprint density at radius 1 is 1.57 bits per heavy atom. The first kappa shape index (κ1) is 8.50. The Labute approximate surface area is 80.5 Å². The van der Waals surface area contributed by atoms with E-state index in [2.05, 4.69) is 4.98 Å². The molecule has 0 saturated carbocycles. The minimum absolute atomic E-state index is 0.154. The van der Waals surface area contributed by atoms with E-state index in [1.165, 1.54) is 17.0 Å². The minimum atomic E-state index is -0.154. The number of hydrogen-bond acceptors (Lipinski definition) is 3. The van der Waals surface area contributed by atoms with Crippen LogP contribution in [0, 0.1) is 0 Å². The zero-order valence-electron chi connectivity index (χ0n) is 7.33. The molecule has 2 aromatic rings. The van der Waals surface area contributed by atoms with Crippen molar-refractivity contribution in [3.8, 4) is 0 Å². The van der Waals surface area contributed by atoms with E-state index < -0.39 is 0 Å². The van der Waals surface area contributed by atoms with Crippen LogP contribution in [0.4, 0.5) is 0 Å². The summed E-state index contributed by atoms with van der Waals surface area (Å²) >= 11 is 0. The molecule has 14 heavy (non-hydrogen) atoms. The second-order valence-corrected chi connectivity index (χ2v) is 2.66. The van der Waals surface area contributed by atoms with E-state index in [0.29, 0.717) is 5.76 Å². The van der Waals surface area contributed by atoms with Crippen molar-refractivity contribution in [3.05, 3.63) is 49.0 Å². The largest absolute Gasteiger partial charge is 0.465 e. The number of carbonyl (C=O) groups excluding carboxylic acids is 1. The van der Waals surface area contributed by atoms with Crippen LogP contribution in [0.1, 0.15) is 10.6 Å². The van der Waals surface area contributed by atoms with Crippen molar-refractivity contribution in [2.45, 2.75) is 0 Å². The number of rotatable bonds is 2. The van der Waals surface area contributed by atoms with Gasteiger partial charge in [-0.25, -0.2) is 4.98 Å². The normalized spacial score (nSPS) is 10.9. The zero-order valence-corrected chi connectivity index (χ0v) is 7.33. The molecular weight excluding hydrogens is 180 g/mol. The first-order chi connectivity index (χ1) is 6.86. The predicted octanol–water partition coefficient (Wildman–Crippen LogP) is 1.83. The van der Waals surface area contributed by atoms with E-state index in [1.54, 1.807) is 36.9 Å². The fourth-order valence-corrected chi connectivity index (χ4v) is 1.02. The number of furan rings is 1. The van der Waals surface area contributed by atoms with Crippen LogP contribution < -0.4 is 0 Å². The monoisotopic (exact) mass is 188 g/mol. The number of aromatic nitrogens is 2. The van der Waals surface area contributed by atoms with Gasteiger partial charge in [0.05, 0.1) is 6.26 Å². The molecule has 0 aliphatic heterocycles. The van der Waals surface area contributed by atoms with Crippen LogP contribution >= 0.6 is 0 Å². The Morgan fingerprint density at radius 2 is 2.50 bits per heavy atom. The maximum absolute atomic E-state index is 11.4. The second-order valence-electron chi connectivity index (χ2n) is 2.66. The summed E-state index contributed by atoms with van der Waals surface area (Å²) in [5, 5.41) is 0. The van der Waals surface area contributed by atoms with Gasteiger partial charge in [0.1, 0.15) is 12.1 Å². The van der Waals surface area contributed by atoms with Gasteiger partial charge in [0.25, 0.3) is 5.91 Å². The van der Waals surface area contributed by atoms with Crippen LogP contribution in [0.2, 0.25) is 0 Å². The summed E-state index contributed by atoms with van der Waals surface area (Å²) < 4.78 is 6.43. The third-order valence-corrected chi connectivity index (χ3v) is 1.69. The highest BCUT2D eigenvalue weighted by molar-refractivity contribution is 5.93. The molecule has 2 aromatic heterocycles. The summed E-state index contributed by atoms with van der Waals surface area (Å²) in [5.74, 6) is 0.498. The molecule has 4 nitrogen and oxygen atoms in total. The molecule has 0 bridgehead atoms. The zero-order chi connectivity index (χ0) is 9.80. The number of allylic oxidation sites excluding steroid dienone is 1. The lowest BCUT2D eigenvalue weighted by molar-refractivity contribution is 0.0969. The molecule has 0 atom stereocenters. The summed E-state index contributed by atoms with van der Waals surface area (Å²) in [6, 6.07) is 3.54. The van der Waals surface area contributed by atoms with Crippen LogP contribution in [0.5, 0.6) is 0 Å². The van der Waals surface area contributed by atoms with Gasteiger partial charge in [-0.2, -0.15) is 0 Å². The predicted molar refractivity (Wildman–Crippen MR) is 50.6 cm³/mol. The molecule has 0 aliphatic rings. The molecule has 2 heterocycles. The Kier molecular flexibility index (Phi) is 2.27. The van der Waals surface area contributed by atoms with Crippen molar-refractivity contribution in [3.63, 3.8) is 0 Å². The van der Waals surface area contributed by atoms with Gasteiger partial charge in [0.15, 0.2) is 0 Å². The molecule has 0 unspecified atom stereocenters. The van der Waals surface area contributed by atoms with Gasteiger partial charge in [-0.3, -0.25) is 9.36 Å². The van der Waals surface area contributed by atoms with Gasteiger partial charge < -0.3 is 4.42 Å². The van der Waals surface area contributed by atoms with Gasteiger partial charge >= 0.3 is 0 Å². The van der Waals surface area contributed by atoms with E-state index in [1.807, 2.05) is 0 Å². The third-order valence-electron chi connectivity index (χ3n) is 1.69. The van der Waals surface area contributed by atoms with E-state index in [0.717, 1.165) is 0 Å². The summed E-state index contributed by atoms with van der Waals surface area (Å²) in [7, 11) is 0. The van der Waals surface area contributed by atoms with Gasteiger partial charge in [0.2, 0.25) is 0 Å². The number of carbonyl (C=O) groups is 1. The topological polar surface area (TPSA) is 48.0 Å². The minimum Gasteiger partial charge on any atom is -0.465 e. The summed E-state index contributed by atoms with van der Waals surface area (Å²) in [4.78, 5) is 15.2. The maximum atomic E-state index is 11.4. The van der Waals surface area contributed by atoms with E-state index >= 15 is 0 Å². The number of hydrogen-bond donors (Lipinski definition) is 0. The van der Waals surface area contributed by atoms with Gasteiger partial charge in [0, 0.05) is 18.5 Å². The van der Waals surface area contributed by atoms with E-state index in [-0.39, 0.29) is 5.91 Å². The molecule has 0 fully saturated rings. The summed E-state index contributed by atoms with van der Waals surface area (Å²) in [6.07, 6.45) is 9.20. The van der Waals surface area contributed by atoms with Crippen LogP contribution in [-0.4, -0.2) is 15.5 Å². The first-order valence-electron chi connectivity index (χ1n) is 4.10. The number of imidazole rings is 1. The maximum Gasteiger partial charge on any atom is 0.255 e. The lowest BCUT2D eigenvalue weighted by Crippen LogP contribution is -2.03. The van der Waals surface area contributed by atoms with Crippen molar-refractivity contribution in [2.75, 3.05) is 0 Å². The summed E-state index contributed by atoms with van der Waals surface area (Å²) in [6.45, 7) is 0. The lowest BCUT2D eigenvalue weighted by atomic mass is 10.4. The first-order valence-corrected chi connectivity index (χ1v) is 4.10. The third kappa shape index (κ3) is 1.80. The second kappa shape index (κ2) is 3.74. The molecule has 0 aromatic carbocycles. The fraction of sp³-hybridized carbons (Fsp3) is 0. The van der Waals surface area contributed by atoms with Crippen molar-refractivity contribution < 1.29 is 9.21 Å². The van der Waals surface area contributed by atoms with Crippen molar-refractivity contribution >= 4 is 12.0 Å². The molecule has 2 rings (SSSR count). The number of nitrogens with zero attached hydrogens (tertiary/aromatic N) is 2. The van der Waals surface area contributed by atoms with E-state index in [4.69, 9.17) is 4.42 Å². The molecule has 0 saturated heterocycles. The Balaban J connectivity index is 2.09. The molecule has 70 valence electrons. The Morgan fingerprint density at radius 3 is 3.14 bits per heavy atom. The van der Waals surface area contributed by atoms with Crippen molar-refractivity contribution in [1.29, 1.82) is 0 Å². The fourth-order valence-electron chi connectivity index (χ4n) is 1.02. The Bertz CT molecular complexity index is 427. The average Bonchev–Trinajstić information content (AvgIpc) is 2.87. The van der Waals surface area contributed by atoms with Gasteiger partial charge in [-0.15, -0.1) is 0 Å². The highest BCUT2D eigenvalue weighted by Gasteiger charge is 1.97. The van der Waals surface area contributed by atoms with Gasteiger partial charge in [-0.1, -0.05) is 0 Å². The smallest absolute Gasteiger partial charge is 0.255 e. The molecule has 0 aliphatic carbocycles. The highest BCUT2D eigenvalue weighted by Crippen LogP contribution is 2.02. The van der Waals surface area contributed by atoms with Crippen LogP contribution in [0.25, 0.3) is 6.08 Å². The van der Waals surface area contributed by atoms with Gasteiger partial charge in [-0.05, 0) is 18.2 Å². The summed E-state index contributed by atoms with van der Waals surface area (Å²) in [5.41, 5.74) is 0.